The number of fused-ring (bicyclic) bond motifs is 1. The van der Waals surface area contributed by atoms with E-state index < -0.39 is 0 Å². The molecule has 4 rings (SSSR count). The van der Waals surface area contributed by atoms with Crippen molar-refractivity contribution in [2.45, 2.75) is 18.7 Å². The molecule has 2 aromatic heterocycles. The predicted octanol–water partition coefficient (Wildman–Crippen LogP) is 2.63. The topological polar surface area (TPSA) is 92.1 Å². The highest BCUT2D eigenvalue weighted by Gasteiger charge is 2.29. The first kappa shape index (κ1) is 18.4. The quantitative estimate of drug-likeness (QED) is 0.724. The number of thioether (sulfide) groups is 1. The van der Waals surface area contributed by atoms with Crippen molar-refractivity contribution >= 4 is 17.7 Å². The van der Waals surface area contributed by atoms with Crippen LogP contribution in [-0.2, 0) is 18.7 Å². The molecule has 1 amide bonds. The molecule has 1 aromatic carbocycles. The number of H-pyrrole nitrogens is 1. The zero-order valence-electron chi connectivity index (χ0n) is 15.1. The Hall–Kier alpha value is -2.94. The molecule has 3 aromatic rings. The van der Waals surface area contributed by atoms with Gasteiger partial charge in [0.15, 0.2) is 5.76 Å². The summed E-state index contributed by atoms with van der Waals surface area (Å²) < 4.78 is 18.7. The van der Waals surface area contributed by atoms with Crippen molar-refractivity contribution in [1.82, 2.24) is 20.0 Å². The van der Waals surface area contributed by atoms with Gasteiger partial charge in [-0.1, -0.05) is 5.16 Å². The van der Waals surface area contributed by atoms with E-state index in [1.165, 1.54) is 30.0 Å². The molecule has 0 aliphatic carbocycles. The van der Waals surface area contributed by atoms with Gasteiger partial charge >= 0.3 is 0 Å². The second-order valence-electron chi connectivity index (χ2n) is 6.43. The standard InChI is InChI=1S/C19H17FN4O3S/c1-28-10-16-21-15(8-17(25)22-16)19(26)24-7-6-14-13(9-24)18(27-23-14)11-2-4-12(20)5-3-11/h2-5,8H,6-7,9-10H2,1H3,(H,21,22,25). The van der Waals surface area contributed by atoms with E-state index in [9.17, 15) is 14.0 Å². The van der Waals surface area contributed by atoms with Crippen LogP contribution in [0.4, 0.5) is 4.39 Å². The number of aromatic nitrogens is 3. The molecule has 0 saturated carbocycles. The molecule has 0 bridgehead atoms. The van der Waals surface area contributed by atoms with E-state index in [4.69, 9.17) is 4.52 Å². The number of carbonyl (C=O) groups excluding carboxylic acids is 1. The number of carbonyl (C=O) groups is 1. The molecule has 0 fully saturated rings. The first-order valence-corrected chi connectivity index (χ1v) is 10.1. The van der Waals surface area contributed by atoms with Crippen molar-refractivity contribution in [3.63, 3.8) is 0 Å². The van der Waals surface area contributed by atoms with Gasteiger partial charge in [0.2, 0.25) is 0 Å². The van der Waals surface area contributed by atoms with Gasteiger partial charge in [0.05, 0.1) is 18.0 Å². The van der Waals surface area contributed by atoms with E-state index in [-0.39, 0.29) is 29.5 Å². The summed E-state index contributed by atoms with van der Waals surface area (Å²) in [4.78, 5) is 33.3. The number of rotatable bonds is 4. The van der Waals surface area contributed by atoms with Crippen LogP contribution in [0.2, 0.25) is 0 Å². The van der Waals surface area contributed by atoms with E-state index in [0.717, 1.165) is 11.3 Å². The number of aromatic amines is 1. The van der Waals surface area contributed by atoms with E-state index >= 15 is 0 Å². The van der Waals surface area contributed by atoms with Crippen LogP contribution < -0.4 is 5.56 Å². The number of amides is 1. The Balaban J connectivity index is 1.62. The highest BCUT2D eigenvalue weighted by Crippen LogP contribution is 2.31. The molecule has 9 heteroatoms. The summed E-state index contributed by atoms with van der Waals surface area (Å²) in [5, 5.41) is 4.09. The lowest BCUT2D eigenvalue weighted by Crippen LogP contribution is -2.37. The Morgan fingerprint density at radius 1 is 1.36 bits per heavy atom. The third kappa shape index (κ3) is 3.57. The summed E-state index contributed by atoms with van der Waals surface area (Å²) in [6.45, 7) is 0.740. The van der Waals surface area contributed by atoms with Gasteiger partial charge < -0.3 is 14.4 Å². The number of hydrogen-bond donors (Lipinski definition) is 1. The van der Waals surface area contributed by atoms with Gasteiger partial charge in [-0.3, -0.25) is 9.59 Å². The molecule has 1 aliphatic rings. The smallest absolute Gasteiger partial charge is 0.273 e. The molecule has 0 radical (unpaired) electrons. The summed E-state index contributed by atoms with van der Waals surface area (Å²) in [6.07, 6.45) is 2.43. The third-order valence-corrected chi connectivity index (χ3v) is 5.08. The average molecular weight is 400 g/mol. The van der Waals surface area contributed by atoms with Crippen LogP contribution in [0.15, 0.2) is 39.6 Å². The summed E-state index contributed by atoms with van der Waals surface area (Å²) in [7, 11) is 0. The van der Waals surface area contributed by atoms with Gasteiger partial charge in [-0.15, -0.1) is 0 Å². The highest BCUT2D eigenvalue weighted by molar-refractivity contribution is 7.97. The molecular weight excluding hydrogens is 383 g/mol. The number of benzene rings is 1. The molecule has 1 N–H and O–H groups in total. The van der Waals surface area contributed by atoms with E-state index in [2.05, 4.69) is 15.1 Å². The van der Waals surface area contributed by atoms with Gasteiger partial charge in [0.25, 0.3) is 11.5 Å². The first-order valence-electron chi connectivity index (χ1n) is 8.67. The van der Waals surface area contributed by atoms with E-state index in [1.54, 1.807) is 17.0 Å². The van der Waals surface area contributed by atoms with Crippen molar-refractivity contribution < 1.29 is 13.7 Å². The minimum atomic E-state index is -0.350. The molecule has 1 aliphatic heterocycles. The largest absolute Gasteiger partial charge is 0.356 e. The molecule has 3 heterocycles. The minimum absolute atomic E-state index is 0.121. The second kappa shape index (κ2) is 7.59. The van der Waals surface area contributed by atoms with Crippen LogP contribution in [0.5, 0.6) is 0 Å². The fourth-order valence-electron chi connectivity index (χ4n) is 3.20. The maximum atomic E-state index is 13.2. The Labute approximate surface area is 164 Å². The van der Waals surface area contributed by atoms with Gasteiger partial charge in [-0.2, -0.15) is 11.8 Å². The van der Waals surface area contributed by atoms with Crippen molar-refractivity contribution in [2.24, 2.45) is 0 Å². The Morgan fingerprint density at radius 2 is 2.14 bits per heavy atom. The monoisotopic (exact) mass is 400 g/mol. The van der Waals surface area contributed by atoms with Crippen molar-refractivity contribution in [1.29, 1.82) is 0 Å². The van der Waals surface area contributed by atoms with Gasteiger partial charge in [0, 0.05) is 30.2 Å². The Bertz CT molecular complexity index is 1080. The fourth-order valence-corrected chi connectivity index (χ4v) is 3.61. The Morgan fingerprint density at radius 3 is 2.89 bits per heavy atom. The van der Waals surface area contributed by atoms with Crippen LogP contribution in [0.3, 0.4) is 0 Å². The number of hydrogen-bond acceptors (Lipinski definition) is 6. The van der Waals surface area contributed by atoms with Crippen LogP contribution >= 0.6 is 11.8 Å². The lowest BCUT2D eigenvalue weighted by molar-refractivity contribution is 0.0728. The lowest BCUT2D eigenvalue weighted by atomic mass is 10.0. The third-order valence-electron chi connectivity index (χ3n) is 4.52. The second-order valence-corrected chi connectivity index (χ2v) is 7.30. The molecule has 7 nitrogen and oxygen atoms in total. The Kier molecular flexibility index (Phi) is 4.99. The number of nitrogens with one attached hydrogen (secondary N) is 1. The SMILES string of the molecule is CSCc1nc(C(=O)N2CCc3noc(-c4ccc(F)cc4)c3C2)cc(=O)[nH]1. The summed E-state index contributed by atoms with van der Waals surface area (Å²) >= 11 is 1.51. The van der Waals surface area contributed by atoms with Crippen LogP contribution in [0.25, 0.3) is 11.3 Å². The normalized spacial score (nSPS) is 13.4. The maximum absolute atomic E-state index is 13.2. The van der Waals surface area contributed by atoms with Crippen molar-refractivity contribution in [2.75, 3.05) is 12.8 Å². The first-order chi connectivity index (χ1) is 13.5. The predicted molar refractivity (Wildman–Crippen MR) is 102 cm³/mol. The average Bonchev–Trinajstić information content (AvgIpc) is 3.11. The van der Waals surface area contributed by atoms with Gasteiger partial charge in [0.1, 0.15) is 17.3 Å². The summed E-state index contributed by atoms with van der Waals surface area (Å²) in [5.41, 5.74) is 2.04. The van der Waals surface area contributed by atoms with E-state index in [1.807, 2.05) is 6.26 Å². The fraction of sp³-hybridized carbons (Fsp3) is 0.263. The number of nitrogens with zero attached hydrogens (tertiary/aromatic N) is 3. The molecular formula is C19H17FN4O3S. The maximum Gasteiger partial charge on any atom is 0.273 e. The molecule has 0 unspecified atom stereocenters. The summed E-state index contributed by atoms with van der Waals surface area (Å²) in [5.74, 6) is 0.856. The van der Waals surface area contributed by atoms with Crippen LogP contribution in [0, 0.1) is 5.82 Å². The zero-order valence-corrected chi connectivity index (χ0v) is 15.9. The minimum Gasteiger partial charge on any atom is -0.356 e. The lowest BCUT2D eigenvalue weighted by Gasteiger charge is -2.26. The van der Waals surface area contributed by atoms with E-state index in [0.29, 0.717) is 35.9 Å². The van der Waals surface area contributed by atoms with Crippen LogP contribution in [0.1, 0.15) is 27.6 Å². The molecule has 0 saturated heterocycles. The molecule has 28 heavy (non-hydrogen) atoms. The van der Waals surface area contributed by atoms with Crippen molar-refractivity contribution in [3.05, 3.63) is 69.3 Å². The van der Waals surface area contributed by atoms with Crippen molar-refractivity contribution in [3.8, 4) is 11.3 Å². The molecule has 0 atom stereocenters. The highest BCUT2D eigenvalue weighted by atomic mass is 32.2. The number of halogens is 1. The molecule has 144 valence electrons. The van der Waals surface area contributed by atoms with Gasteiger partial charge in [-0.25, -0.2) is 9.37 Å². The van der Waals surface area contributed by atoms with Gasteiger partial charge in [-0.05, 0) is 30.5 Å². The summed E-state index contributed by atoms with van der Waals surface area (Å²) in [6, 6.07) is 7.15. The van der Waals surface area contributed by atoms with Crippen LogP contribution in [-0.4, -0.2) is 38.7 Å². The molecule has 0 spiro atoms. The zero-order chi connectivity index (χ0) is 19.7.